The van der Waals surface area contributed by atoms with Gasteiger partial charge in [0.1, 0.15) is 4.32 Å². The van der Waals surface area contributed by atoms with E-state index in [0.717, 1.165) is 18.4 Å². The molecule has 2 aliphatic rings. The Bertz CT molecular complexity index is 974. The fourth-order valence-corrected chi connectivity index (χ4v) is 6.98. The maximum atomic E-state index is 12.9. The van der Waals surface area contributed by atoms with Gasteiger partial charge in [-0.1, -0.05) is 69.1 Å². The first kappa shape index (κ1) is 25.1. The van der Waals surface area contributed by atoms with Crippen LogP contribution in [0.15, 0.2) is 23.1 Å². The molecular formula is C23H31NO5S3. The minimum Gasteiger partial charge on any atom is -0.493 e. The van der Waals surface area contributed by atoms with E-state index < -0.39 is 9.84 Å². The summed E-state index contributed by atoms with van der Waals surface area (Å²) in [6.45, 7) is 2.85. The Labute approximate surface area is 200 Å². The van der Waals surface area contributed by atoms with E-state index in [4.69, 9.17) is 21.7 Å². The number of thiocarbonyl (C=S) groups is 1. The molecule has 32 heavy (non-hydrogen) atoms. The van der Waals surface area contributed by atoms with Crippen molar-refractivity contribution in [2.75, 3.05) is 25.2 Å². The lowest BCUT2D eigenvalue weighted by molar-refractivity contribution is -0.123. The van der Waals surface area contributed by atoms with E-state index in [1.54, 1.807) is 13.2 Å². The van der Waals surface area contributed by atoms with E-state index in [0.29, 0.717) is 33.8 Å². The van der Waals surface area contributed by atoms with Crippen molar-refractivity contribution in [2.24, 2.45) is 0 Å². The number of nitrogens with zero attached hydrogens (tertiary/aromatic N) is 1. The van der Waals surface area contributed by atoms with Crippen molar-refractivity contribution >= 4 is 50.1 Å². The van der Waals surface area contributed by atoms with Crippen molar-refractivity contribution in [1.29, 1.82) is 0 Å². The summed E-state index contributed by atoms with van der Waals surface area (Å²) in [6, 6.07) is 5.20. The number of sulfone groups is 1. The number of unbranched alkanes of at least 4 members (excludes halogenated alkanes) is 5. The molecule has 0 aromatic heterocycles. The molecule has 9 heteroatoms. The smallest absolute Gasteiger partial charge is 0.266 e. The van der Waals surface area contributed by atoms with Crippen LogP contribution in [0.1, 0.15) is 57.4 Å². The van der Waals surface area contributed by atoms with Crippen LogP contribution in [0.2, 0.25) is 0 Å². The van der Waals surface area contributed by atoms with Crippen molar-refractivity contribution in [3.8, 4) is 11.5 Å². The topological polar surface area (TPSA) is 72.9 Å². The van der Waals surface area contributed by atoms with Crippen LogP contribution in [0, 0.1) is 0 Å². The third-order valence-electron chi connectivity index (χ3n) is 5.64. The molecule has 0 N–H and O–H groups in total. The molecule has 0 aliphatic carbocycles. The molecule has 0 spiro atoms. The Morgan fingerprint density at radius 3 is 2.62 bits per heavy atom. The number of amides is 1. The highest BCUT2D eigenvalue weighted by Crippen LogP contribution is 2.37. The molecule has 2 aliphatic heterocycles. The zero-order chi connectivity index (χ0) is 23.1. The van der Waals surface area contributed by atoms with E-state index in [9.17, 15) is 13.2 Å². The highest BCUT2D eigenvalue weighted by molar-refractivity contribution is 8.26. The van der Waals surface area contributed by atoms with Crippen LogP contribution in [0.25, 0.3) is 6.08 Å². The van der Waals surface area contributed by atoms with Crippen LogP contribution in [-0.2, 0) is 14.6 Å². The van der Waals surface area contributed by atoms with Gasteiger partial charge in [0.05, 0.1) is 36.2 Å². The van der Waals surface area contributed by atoms with E-state index in [1.165, 1.54) is 42.3 Å². The summed E-state index contributed by atoms with van der Waals surface area (Å²) in [5.41, 5.74) is 0.799. The maximum Gasteiger partial charge on any atom is 0.266 e. The molecule has 1 atom stereocenters. The fraction of sp³-hybridized carbons (Fsp3) is 0.565. The zero-order valence-electron chi connectivity index (χ0n) is 18.7. The molecule has 0 bridgehead atoms. The van der Waals surface area contributed by atoms with Crippen molar-refractivity contribution < 1.29 is 22.7 Å². The van der Waals surface area contributed by atoms with E-state index in [1.807, 2.05) is 18.2 Å². The zero-order valence-corrected chi connectivity index (χ0v) is 21.1. The number of hydrogen-bond acceptors (Lipinski definition) is 7. The van der Waals surface area contributed by atoms with Gasteiger partial charge in [0, 0.05) is 0 Å². The third kappa shape index (κ3) is 6.48. The Hall–Kier alpha value is -1.58. The summed E-state index contributed by atoms with van der Waals surface area (Å²) < 4.78 is 35.4. The van der Waals surface area contributed by atoms with Gasteiger partial charge in [-0.15, -0.1) is 0 Å². The Morgan fingerprint density at radius 1 is 1.19 bits per heavy atom. The van der Waals surface area contributed by atoms with Gasteiger partial charge in [0.2, 0.25) is 0 Å². The number of ether oxygens (including phenoxy) is 2. The third-order valence-corrected chi connectivity index (χ3v) is 8.72. The monoisotopic (exact) mass is 497 g/mol. The number of benzene rings is 1. The van der Waals surface area contributed by atoms with Gasteiger partial charge < -0.3 is 9.47 Å². The molecule has 1 amide bonds. The summed E-state index contributed by atoms with van der Waals surface area (Å²) in [4.78, 5) is 14.9. The second-order valence-corrected chi connectivity index (χ2v) is 12.0. The number of thioether (sulfide) groups is 1. The van der Waals surface area contributed by atoms with Crippen molar-refractivity contribution in [3.63, 3.8) is 0 Å². The maximum absolute atomic E-state index is 12.9. The average Bonchev–Trinajstić information content (AvgIpc) is 3.25. The van der Waals surface area contributed by atoms with Gasteiger partial charge in [0.15, 0.2) is 21.3 Å². The van der Waals surface area contributed by atoms with Crippen molar-refractivity contribution in [3.05, 3.63) is 28.7 Å². The molecule has 1 aromatic carbocycles. The molecule has 2 heterocycles. The van der Waals surface area contributed by atoms with Gasteiger partial charge in [-0.05, 0) is 36.6 Å². The van der Waals surface area contributed by atoms with Gasteiger partial charge >= 0.3 is 0 Å². The number of hydrogen-bond donors (Lipinski definition) is 0. The summed E-state index contributed by atoms with van der Waals surface area (Å²) >= 11 is 6.58. The highest BCUT2D eigenvalue weighted by Gasteiger charge is 2.42. The molecule has 2 saturated heterocycles. The van der Waals surface area contributed by atoms with E-state index >= 15 is 0 Å². The van der Waals surface area contributed by atoms with Gasteiger partial charge in [-0.25, -0.2) is 8.42 Å². The summed E-state index contributed by atoms with van der Waals surface area (Å²) in [5.74, 6) is 1.14. The second-order valence-electron chi connectivity index (χ2n) is 8.14. The largest absolute Gasteiger partial charge is 0.493 e. The molecule has 176 valence electrons. The Morgan fingerprint density at radius 2 is 1.94 bits per heavy atom. The lowest BCUT2D eigenvalue weighted by atomic mass is 10.1. The predicted octanol–water partition coefficient (Wildman–Crippen LogP) is 4.82. The minimum atomic E-state index is -3.10. The quantitative estimate of drug-likeness (QED) is 0.246. The summed E-state index contributed by atoms with van der Waals surface area (Å²) in [6.07, 6.45) is 9.40. The standard InChI is InChI=1S/C23H31NO5S3/c1-3-4-5-6-7-8-12-29-19-10-9-17(14-20(19)28-2)15-21-22(25)24(23(30)31-21)18-11-13-32(26,27)16-18/h9-10,14-15,18H,3-8,11-13,16H2,1-2H3/b21-15+. The minimum absolute atomic E-state index is 0.0226. The first-order valence-electron chi connectivity index (χ1n) is 11.1. The molecule has 0 radical (unpaired) electrons. The van der Waals surface area contributed by atoms with Gasteiger partial charge in [0.25, 0.3) is 5.91 Å². The van der Waals surface area contributed by atoms with Gasteiger partial charge in [-0.3, -0.25) is 9.69 Å². The first-order valence-corrected chi connectivity index (χ1v) is 14.2. The highest BCUT2D eigenvalue weighted by atomic mass is 32.2. The number of methoxy groups -OCH3 is 1. The molecule has 1 aromatic rings. The molecule has 0 saturated carbocycles. The molecule has 6 nitrogen and oxygen atoms in total. The number of carbonyl (C=O) groups excluding carboxylic acids is 1. The Balaban J connectivity index is 1.62. The van der Waals surface area contributed by atoms with Crippen LogP contribution in [-0.4, -0.2) is 54.8 Å². The van der Waals surface area contributed by atoms with Crippen LogP contribution < -0.4 is 9.47 Å². The lowest BCUT2D eigenvalue weighted by Gasteiger charge is -2.20. The van der Waals surface area contributed by atoms with Crippen LogP contribution in [0.3, 0.4) is 0 Å². The Kier molecular flexibility index (Phi) is 9.02. The fourth-order valence-electron chi connectivity index (χ4n) is 3.88. The SMILES string of the molecule is CCCCCCCCOc1ccc(/C=C2/SC(=S)N(C3CCS(=O)(=O)C3)C2=O)cc1OC. The molecule has 1 unspecified atom stereocenters. The van der Waals surface area contributed by atoms with Crippen molar-refractivity contribution in [2.45, 2.75) is 57.9 Å². The van der Waals surface area contributed by atoms with Crippen molar-refractivity contribution in [1.82, 2.24) is 4.90 Å². The second kappa shape index (κ2) is 11.5. The molecule has 3 rings (SSSR count). The van der Waals surface area contributed by atoms with Crippen LogP contribution in [0.4, 0.5) is 0 Å². The summed E-state index contributed by atoms with van der Waals surface area (Å²) in [7, 11) is -1.50. The normalized spacial score (nSPS) is 21.5. The molecular weight excluding hydrogens is 466 g/mol. The number of carbonyl (C=O) groups is 1. The van der Waals surface area contributed by atoms with E-state index in [-0.39, 0.29) is 23.5 Å². The summed E-state index contributed by atoms with van der Waals surface area (Å²) in [5, 5.41) is 0. The predicted molar refractivity (Wildman–Crippen MR) is 134 cm³/mol. The van der Waals surface area contributed by atoms with Gasteiger partial charge in [-0.2, -0.15) is 0 Å². The van der Waals surface area contributed by atoms with E-state index in [2.05, 4.69) is 6.92 Å². The van der Waals surface area contributed by atoms with Crippen LogP contribution in [0.5, 0.6) is 11.5 Å². The number of rotatable bonds is 11. The first-order chi connectivity index (χ1) is 15.3. The lowest BCUT2D eigenvalue weighted by Crippen LogP contribution is -2.39. The van der Waals surface area contributed by atoms with Crippen LogP contribution >= 0.6 is 24.0 Å². The average molecular weight is 498 g/mol. The molecule has 2 fully saturated rings.